The average Bonchev–Trinajstić information content (AvgIpc) is 2.53. The van der Waals surface area contributed by atoms with E-state index in [0.717, 1.165) is 10.6 Å². The van der Waals surface area contributed by atoms with Crippen LogP contribution in [0.25, 0.3) is 0 Å². The minimum absolute atomic E-state index is 0.141. The number of aromatic nitrogens is 1. The zero-order valence-electron chi connectivity index (χ0n) is 12.6. The van der Waals surface area contributed by atoms with Gasteiger partial charge in [0.25, 0.3) is 5.91 Å². The lowest BCUT2D eigenvalue weighted by atomic mass is 10.2. The summed E-state index contributed by atoms with van der Waals surface area (Å²) in [6.07, 6.45) is 3.15. The van der Waals surface area contributed by atoms with Gasteiger partial charge in [0.05, 0.1) is 30.4 Å². The molecule has 0 saturated heterocycles. The number of benzene rings is 1. The molecule has 3 rings (SSSR count). The van der Waals surface area contributed by atoms with Gasteiger partial charge >= 0.3 is 0 Å². The van der Waals surface area contributed by atoms with Gasteiger partial charge in [-0.25, -0.2) is 8.42 Å². The number of rotatable bonds is 3. The average molecular weight is 368 g/mol. The second-order valence-electron chi connectivity index (χ2n) is 5.24. The lowest BCUT2D eigenvalue weighted by Crippen LogP contribution is -2.48. The van der Waals surface area contributed by atoms with Gasteiger partial charge in [0, 0.05) is 11.2 Å². The van der Waals surface area contributed by atoms with E-state index in [1.807, 2.05) is 0 Å². The summed E-state index contributed by atoms with van der Waals surface area (Å²) >= 11 is 5.94. The molecule has 1 N–H and O–H groups in total. The van der Waals surface area contributed by atoms with Crippen LogP contribution in [0.2, 0.25) is 5.02 Å². The predicted octanol–water partition coefficient (Wildman–Crippen LogP) is 1.90. The van der Waals surface area contributed by atoms with Crippen molar-refractivity contribution in [2.45, 2.75) is 6.10 Å². The molecular weight excluding hydrogens is 354 g/mol. The minimum Gasteiger partial charge on any atom is -0.476 e. The molecule has 2 heterocycles. The van der Waals surface area contributed by atoms with Crippen molar-refractivity contribution >= 4 is 38.9 Å². The topological polar surface area (TPSA) is 88.6 Å². The summed E-state index contributed by atoms with van der Waals surface area (Å²) in [6, 6.07) is 7.96. The number of ether oxygens (including phenoxy) is 1. The Bertz CT molecular complexity index is 874. The van der Waals surface area contributed by atoms with Crippen LogP contribution in [0, 0.1) is 0 Å². The summed E-state index contributed by atoms with van der Waals surface area (Å²) in [5.41, 5.74) is 0.814. The molecule has 0 bridgehead atoms. The molecule has 7 nitrogen and oxygen atoms in total. The summed E-state index contributed by atoms with van der Waals surface area (Å²) in [5.74, 6) is -0.181. The molecule has 126 valence electrons. The molecule has 0 spiro atoms. The molecule has 1 aliphatic heterocycles. The Balaban J connectivity index is 1.89. The van der Waals surface area contributed by atoms with Crippen molar-refractivity contribution in [3.05, 3.63) is 47.7 Å². The van der Waals surface area contributed by atoms with Crippen LogP contribution in [-0.2, 0) is 14.8 Å². The lowest BCUT2D eigenvalue weighted by Gasteiger charge is -2.34. The molecule has 0 radical (unpaired) electrons. The van der Waals surface area contributed by atoms with E-state index in [1.54, 1.807) is 30.5 Å². The number of carbonyl (C=O) groups excluding carboxylic acids is 1. The van der Waals surface area contributed by atoms with Crippen molar-refractivity contribution in [3.8, 4) is 5.75 Å². The van der Waals surface area contributed by atoms with Crippen molar-refractivity contribution in [1.82, 2.24) is 4.98 Å². The molecule has 1 aromatic carbocycles. The first kappa shape index (κ1) is 16.5. The maximum Gasteiger partial charge on any atom is 0.267 e. The van der Waals surface area contributed by atoms with E-state index in [1.165, 1.54) is 12.3 Å². The molecular formula is C15H14ClN3O4S. The monoisotopic (exact) mass is 367 g/mol. The normalized spacial score (nSPS) is 16.9. The Kier molecular flexibility index (Phi) is 4.33. The molecule has 9 heteroatoms. The number of amides is 1. The minimum atomic E-state index is -3.59. The summed E-state index contributed by atoms with van der Waals surface area (Å²) < 4.78 is 30.9. The van der Waals surface area contributed by atoms with Crippen molar-refractivity contribution in [3.63, 3.8) is 0 Å². The maximum atomic E-state index is 12.4. The highest BCUT2D eigenvalue weighted by atomic mass is 35.5. The van der Waals surface area contributed by atoms with E-state index in [9.17, 15) is 13.2 Å². The predicted molar refractivity (Wildman–Crippen MR) is 90.9 cm³/mol. The third kappa shape index (κ3) is 3.44. The first-order valence-corrected chi connectivity index (χ1v) is 9.22. The second kappa shape index (κ2) is 6.29. The molecule has 0 saturated carbocycles. The van der Waals surface area contributed by atoms with Gasteiger partial charge in [0.1, 0.15) is 5.75 Å². The van der Waals surface area contributed by atoms with Crippen LogP contribution in [0.1, 0.15) is 0 Å². The number of anilines is 2. The second-order valence-corrected chi connectivity index (χ2v) is 7.59. The maximum absolute atomic E-state index is 12.4. The van der Waals surface area contributed by atoms with Crippen LogP contribution in [0.15, 0.2) is 42.7 Å². The first-order chi connectivity index (χ1) is 11.3. The number of hydrogen-bond acceptors (Lipinski definition) is 5. The third-order valence-electron chi connectivity index (χ3n) is 3.41. The summed E-state index contributed by atoms with van der Waals surface area (Å²) in [7, 11) is -3.59. The van der Waals surface area contributed by atoms with Crippen molar-refractivity contribution < 1.29 is 17.9 Å². The van der Waals surface area contributed by atoms with Crippen LogP contribution in [0.5, 0.6) is 5.75 Å². The van der Waals surface area contributed by atoms with Gasteiger partial charge in [-0.2, -0.15) is 0 Å². The number of hydrogen-bond donors (Lipinski definition) is 1. The van der Waals surface area contributed by atoms with Crippen LogP contribution >= 0.6 is 11.6 Å². The van der Waals surface area contributed by atoms with Gasteiger partial charge in [-0.3, -0.25) is 14.1 Å². The Hall–Kier alpha value is -2.32. The highest BCUT2D eigenvalue weighted by Gasteiger charge is 2.35. The Morgan fingerprint density at radius 3 is 2.88 bits per heavy atom. The van der Waals surface area contributed by atoms with Crippen molar-refractivity contribution in [1.29, 1.82) is 0 Å². The number of pyridine rings is 1. The number of nitrogens with zero attached hydrogens (tertiary/aromatic N) is 2. The van der Waals surface area contributed by atoms with Gasteiger partial charge in [-0.05, 0) is 30.3 Å². The molecule has 1 aliphatic rings. The molecule has 1 aromatic heterocycles. The smallest absolute Gasteiger partial charge is 0.267 e. The van der Waals surface area contributed by atoms with Crippen molar-refractivity contribution in [2.75, 3.05) is 22.4 Å². The summed E-state index contributed by atoms with van der Waals surface area (Å²) in [4.78, 5) is 16.3. The molecule has 2 aromatic rings. The fraction of sp³-hybridized carbons (Fsp3) is 0.200. The zero-order valence-corrected chi connectivity index (χ0v) is 14.2. The largest absolute Gasteiger partial charge is 0.476 e. The van der Waals surface area contributed by atoms with E-state index in [-0.39, 0.29) is 12.3 Å². The number of nitrogens with one attached hydrogen (secondary N) is 1. The van der Waals surface area contributed by atoms with Gasteiger partial charge in [0.2, 0.25) is 10.0 Å². The van der Waals surface area contributed by atoms with E-state index in [0.29, 0.717) is 16.4 Å². The van der Waals surface area contributed by atoms with Crippen LogP contribution in [-0.4, -0.2) is 38.2 Å². The standard InChI is InChI=1S/C15H14ClN3O4S/c1-24(21,22)19-9-14(15(20)18-11-3-2-6-17-8-11)23-13-5-4-10(16)7-12(13)19/h2-8,14H,9H2,1H3,(H,18,20)/t14-/m0/s1. The van der Waals surface area contributed by atoms with Crippen molar-refractivity contribution in [2.24, 2.45) is 0 Å². The lowest BCUT2D eigenvalue weighted by molar-refractivity contribution is -0.122. The number of fused-ring (bicyclic) bond motifs is 1. The summed E-state index contributed by atoms with van der Waals surface area (Å²) in [6.45, 7) is -0.141. The van der Waals surface area contributed by atoms with Crippen LogP contribution in [0.4, 0.5) is 11.4 Å². The quantitative estimate of drug-likeness (QED) is 0.895. The Morgan fingerprint density at radius 2 is 2.21 bits per heavy atom. The molecule has 0 aliphatic carbocycles. The Morgan fingerprint density at radius 1 is 1.42 bits per heavy atom. The third-order valence-corrected chi connectivity index (χ3v) is 4.79. The van der Waals surface area contributed by atoms with E-state index < -0.39 is 22.0 Å². The fourth-order valence-electron chi connectivity index (χ4n) is 2.33. The zero-order chi connectivity index (χ0) is 17.3. The molecule has 1 atom stereocenters. The molecule has 1 amide bonds. The van der Waals surface area contributed by atoms with E-state index in [4.69, 9.17) is 16.3 Å². The number of carbonyl (C=O) groups is 1. The number of sulfonamides is 1. The first-order valence-electron chi connectivity index (χ1n) is 6.99. The highest BCUT2D eigenvalue weighted by molar-refractivity contribution is 7.92. The van der Waals surface area contributed by atoms with Gasteiger partial charge in [0.15, 0.2) is 6.10 Å². The molecule has 0 unspecified atom stereocenters. The van der Waals surface area contributed by atoms with E-state index in [2.05, 4.69) is 10.3 Å². The fourth-order valence-corrected chi connectivity index (χ4v) is 3.41. The van der Waals surface area contributed by atoms with Gasteiger partial charge in [-0.1, -0.05) is 11.6 Å². The SMILES string of the molecule is CS(=O)(=O)N1C[C@@H](C(=O)Nc2cccnc2)Oc2ccc(Cl)cc21. The van der Waals surface area contributed by atoms with Gasteiger partial charge in [-0.15, -0.1) is 0 Å². The highest BCUT2D eigenvalue weighted by Crippen LogP contribution is 2.37. The Labute approximate surface area is 144 Å². The summed E-state index contributed by atoms with van der Waals surface area (Å²) in [5, 5.41) is 3.03. The number of halogens is 1. The van der Waals surface area contributed by atoms with Crippen LogP contribution in [0.3, 0.4) is 0 Å². The molecule has 24 heavy (non-hydrogen) atoms. The molecule has 0 fully saturated rings. The van der Waals surface area contributed by atoms with Gasteiger partial charge < -0.3 is 10.1 Å². The van der Waals surface area contributed by atoms with E-state index >= 15 is 0 Å². The van der Waals surface area contributed by atoms with Crippen LogP contribution < -0.4 is 14.4 Å².